The van der Waals surface area contributed by atoms with Crippen molar-refractivity contribution in [1.29, 1.82) is 0 Å². The fraction of sp³-hybridized carbons (Fsp3) is 0.200. The number of primary amides is 1. The lowest BCUT2D eigenvalue weighted by Crippen LogP contribution is -2.12. The molecule has 0 fully saturated rings. The van der Waals surface area contributed by atoms with E-state index in [2.05, 4.69) is 20.3 Å². The molecule has 0 aromatic carbocycles. The molecule has 1 aromatic heterocycles. The summed E-state index contributed by atoms with van der Waals surface area (Å²) in [6.45, 7) is 1.68. The quantitative estimate of drug-likeness (QED) is 0.321. The summed E-state index contributed by atoms with van der Waals surface area (Å²) in [5.74, 6) is 4.48. The molecular weight excluding hydrogens is 160 g/mol. The minimum Gasteiger partial charge on any atom is -0.363 e. The number of hydrogen-bond donors (Lipinski definition) is 3. The van der Waals surface area contributed by atoms with Crippen molar-refractivity contribution in [1.82, 2.24) is 9.97 Å². The molecule has 0 atom stereocenters. The molecule has 64 valence electrons. The van der Waals surface area contributed by atoms with Gasteiger partial charge in [0.2, 0.25) is 0 Å². The highest BCUT2D eigenvalue weighted by atomic mass is 16.1. The number of nitrogens with zero attached hydrogens (tertiary/aromatic N) is 3. The van der Waals surface area contributed by atoms with Crippen LogP contribution in [0, 0.1) is 6.92 Å². The van der Waals surface area contributed by atoms with Crippen LogP contribution in [0.1, 0.15) is 16.3 Å². The molecule has 0 aliphatic rings. The largest absolute Gasteiger partial charge is 0.363 e. The lowest BCUT2D eigenvalue weighted by atomic mass is 10.5. The third kappa shape index (κ3) is 1.39. The Morgan fingerprint density at radius 2 is 2.33 bits per heavy atom. The summed E-state index contributed by atoms with van der Waals surface area (Å²) in [6.07, 6.45) is 0. The SMILES string of the molecule is Cc1[nH]c(C(N)=O)nc1N=NN. The third-order valence-electron chi connectivity index (χ3n) is 1.24. The minimum absolute atomic E-state index is 0.0508. The molecule has 1 rings (SSSR count). The number of aromatic amines is 1. The van der Waals surface area contributed by atoms with E-state index in [0.29, 0.717) is 5.69 Å². The topological polar surface area (TPSA) is 123 Å². The van der Waals surface area contributed by atoms with Gasteiger partial charge in [-0.2, -0.15) is 0 Å². The number of imidazole rings is 1. The van der Waals surface area contributed by atoms with Crippen molar-refractivity contribution in [3.63, 3.8) is 0 Å². The summed E-state index contributed by atoms with van der Waals surface area (Å²) in [4.78, 5) is 17.0. The average Bonchev–Trinajstić information content (AvgIpc) is 2.34. The molecule has 0 spiro atoms. The molecule has 5 N–H and O–H groups in total. The third-order valence-corrected chi connectivity index (χ3v) is 1.24. The molecule has 0 saturated heterocycles. The minimum atomic E-state index is -0.642. The van der Waals surface area contributed by atoms with Gasteiger partial charge in [0.15, 0.2) is 11.6 Å². The Morgan fingerprint density at radius 1 is 1.67 bits per heavy atom. The van der Waals surface area contributed by atoms with E-state index < -0.39 is 5.91 Å². The number of amides is 1. The van der Waals surface area contributed by atoms with Gasteiger partial charge >= 0.3 is 0 Å². The highest BCUT2D eigenvalue weighted by Crippen LogP contribution is 2.13. The Morgan fingerprint density at radius 3 is 2.75 bits per heavy atom. The van der Waals surface area contributed by atoms with E-state index in [1.54, 1.807) is 6.92 Å². The van der Waals surface area contributed by atoms with E-state index in [9.17, 15) is 4.79 Å². The van der Waals surface area contributed by atoms with Gasteiger partial charge in [-0.15, -0.1) is 5.11 Å². The first-order valence-corrected chi connectivity index (χ1v) is 3.12. The molecule has 12 heavy (non-hydrogen) atoms. The fourth-order valence-electron chi connectivity index (χ4n) is 0.720. The Kier molecular flexibility index (Phi) is 2.04. The Hall–Kier alpha value is -1.92. The van der Waals surface area contributed by atoms with Crippen LogP contribution in [0.4, 0.5) is 5.82 Å². The second-order valence-electron chi connectivity index (χ2n) is 2.11. The second-order valence-corrected chi connectivity index (χ2v) is 2.11. The summed E-state index contributed by atoms with van der Waals surface area (Å²) >= 11 is 0. The van der Waals surface area contributed by atoms with Gasteiger partial charge in [-0.1, -0.05) is 5.22 Å². The highest BCUT2D eigenvalue weighted by Gasteiger charge is 2.09. The summed E-state index contributed by atoms with van der Waals surface area (Å²) in [6, 6.07) is 0. The zero-order chi connectivity index (χ0) is 9.14. The maximum atomic E-state index is 10.6. The van der Waals surface area contributed by atoms with Gasteiger partial charge in [0.25, 0.3) is 5.91 Å². The molecule has 1 aromatic rings. The van der Waals surface area contributed by atoms with Gasteiger partial charge in [-0.25, -0.2) is 4.98 Å². The first kappa shape index (κ1) is 8.18. The van der Waals surface area contributed by atoms with Crippen LogP contribution in [0.3, 0.4) is 0 Å². The predicted molar refractivity (Wildman–Crippen MR) is 40.5 cm³/mol. The molecule has 7 nitrogen and oxygen atoms in total. The van der Waals surface area contributed by atoms with E-state index in [1.807, 2.05) is 0 Å². The van der Waals surface area contributed by atoms with Crippen LogP contribution >= 0.6 is 0 Å². The zero-order valence-electron chi connectivity index (χ0n) is 6.40. The molecule has 0 radical (unpaired) electrons. The van der Waals surface area contributed by atoms with Crippen molar-refractivity contribution in [2.45, 2.75) is 6.92 Å². The summed E-state index contributed by atoms with van der Waals surface area (Å²) < 4.78 is 0. The Labute approximate surface area is 67.8 Å². The number of nitrogens with two attached hydrogens (primary N) is 2. The van der Waals surface area contributed by atoms with Crippen molar-refractivity contribution >= 4 is 11.7 Å². The molecule has 0 saturated carbocycles. The monoisotopic (exact) mass is 168 g/mol. The zero-order valence-corrected chi connectivity index (χ0v) is 6.40. The van der Waals surface area contributed by atoms with Crippen molar-refractivity contribution < 1.29 is 4.79 Å². The number of aromatic nitrogens is 2. The lowest BCUT2D eigenvalue weighted by molar-refractivity contribution is 0.0991. The number of hydrogen-bond acceptors (Lipinski definition) is 4. The van der Waals surface area contributed by atoms with Crippen LogP contribution in [0.25, 0.3) is 0 Å². The smallest absolute Gasteiger partial charge is 0.284 e. The first-order valence-electron chi connectivity index (χ1n) is 3.12. The van der Waals surface area contributed by atoms with Gasteiger partial charge in [-0.05, 0) is 6.92 Å². The molecule has 0 unspecified atom stereocenters. The molecule has 1 heterocycles. The predicted octanol–water partition coefficient (Wildman–Crippen LogP) is -0.226. The van der Waals surface area contributed by atoms with Crippen molar-refractivity contribution in [2.75, 3.05) is 0 Å². The van der Waals surface area contributed by atoms with E-state index in [-0.39, 0.29) is 11.6 Å². The summed E-state index contributed by atoms with van der Waals surface area (Å²) in [5.41, 5.74) is 5.55. The van der Waals surface area contributed by atoms with Crippen LogP contribution in [-0.2, 0) is 0 Å². The van der Waals surface area contributed by atoms with Gasteiger partial charge in [0.1, 0.15) is 0 Å². The fourth-order valence-corrected chi connectivity index (χ4v) is 0.720. The van der Waals surface area contributed by atoms with Crippen LogP contribution in [-0.4, -0.2) is 15.9 Å². The lowest BCUT2D eigenvalue weighted by Gasteiger charge is -1.82. The van der Waals surface area contributed by atoms with Crippen molar-refractivity contribution in [3.05, 3.63) is 11.5 Å². The van der Waals surface area contributed by atoms with Crippen LogP contribution in [0.15, 0.2) is 10.3 Å². The van der Waals surface area contributed by atoms with Crippen LogP contribution < -0.4 is 11.6 Å². The Balaban J connectivity index is 3.08. The van der Waals surface area contributed by atoms with Crippen molar-refractivity contribution in [3.8, 4) is 0 Å². The number of carbonyl (C=O) groups excluding carboxylic acids is 1. The number of aryl methyl sites for hydroxylation is 1. The van der Waals surface area contributed by atoms with Gasteiger partial charge in [0, 0.05) is 0 Å². The molecule has 7 heteroatoms. The van der Waals surface area contributed by atoms with E-state index >= 15 is 0 Å². The summed E-state index contributed by atoms with van der Waals surface area (Å²) in [5, 5.41) is 6.49. The number of rotatable bonds is 2. The van der Waals surface area contributed by atoms with Crippen LogP contribution in [0.2, 0.25) is 0 Å². The average molecular weight is 168 g/mol. The Bertz CT molecular complexity index is 327. The standard InChI is InChI=1S/C5H8N6O/c1-2-4(10-11-7)9-5(8-2)3(6)12/h1H3,(H2,6,12)(H2,7,10)(H,8,9). The maximum Gasteiger partial charge on any atom is 0.284 e. The van der Waals surface area contributed by atoms with Crippen LogP contribution in [0.5, 0.6) is 0 Å². The number of H-pyrrole nitrogens is 1. The second kappa shape index (κ2) is 2.99. The number of carbonyl (C=O) groups is 1. The molecule has 0 aliphatic heterocycles. The van der Waals surface area contributed by atoms with Gasteiger partial charge in [0.05, 0.1) is 5.69 Å². The van der Waals surface area contributed by atoms with Gasteiger partial charge in [-0.3, -0.25) is 4.79 Å². The molecule has 0 aliphatic carbocycles. The molecule has 1 amide bonds. The van der Waals surface area contributed by atoms with E-state index in [0.717, 1.165) is 0 Å². The molecule has 0 bridgehead atoms. The normalized spacial score (nSPS) is 10.8. The molecular formula is C5H8N6O. The van der Waals surface area contributed by atoms with E-state index in [4.69, 9.17) is 11.6 Å². The van der Waals surface area contributed by atoms with E-state index in [1.165, 1.54) is 0 Å². The number of nitrogens with one attached hydrogen (secondary N) is 1. The van der Waals surface area contributed by atoms with Gasteiger partial charge < -0.3 is 16.6 Å². The maximum absolute atomic E-state index is 10.6. The van der Waals surface area contributed by atoms with Crippen molar-refractivity contribution in [2.24, 2.45) is 21.9 Å². The summed E-state index contributed by atoms with van der Waals surface area (Å²) in [7, 11) is 0. The highest BCUT2D eigenvalue weighted by molar-refractivity contribution is 5.89. The first-order chi connectivity index (χ1) is 5.65.